The topological polar surface area (TPSA) is 44.8 Å². The van der Waals surface area contributed by atoms with E-state index in [-0.39, 0.29) is 6.03 Å². The average Bonchev–Trinajstić information content (AvgIpc) is 3.11. The number of carbonyl (C=O) groups excluding carboxylic acids is 1. The Morgan fingerprint density at radius 3 is 3.00 bits per heavy atom. The SMILES string of the molecule is O=C(Nc1ccsc1)N1CCC[C@@H]1CN1CCOCC1. The van der Waals surface area contributed by atoms with Crippen LogP contribution in [0.5, 0.6) is 0 Å². The van der Waals surface area contributed by atoms with E-state index in [2.05, 4.69) is 10.2 Å². The molecule has 2 amide bonds. The second-order valence-corrected chi connectivity index (χ2v) is 6.12. The molecule has 20 heavy (non-hydrogen) atoms. The van der Waals surface area contributed by atoms with Crippen molar-refractivity contribution >= 4 is 23.1 Å². The number of carbonyl (C=O) groups is 1. The highest BCUT2D eigenvalue weighted by atomic mass is 32.1. The van der Waals surface area contributed by atoms with Gasteiger partial charge in [0.25, 0.3) is 0 Å². The zero-order valence-electron chi connectivity index (χ0n) is 11.6. The van der Waals surface area contributed by atoms with Gasteiger partial charge in [-0.05, 0) is 24.3 Å². The minimum Gasteiger partial charge on any atom is -0.379 e. The van der Waals surface area contributed by atoms with Crippen LogP contribution in [0, 0.1) is 0 Å². The molecule has 1 atom stereocenters. The summed E-state index contributed by atoms with van der Waals surface area (Å²) in [6.07, 6.45) is 2.21. The van der Waals surface area contributed by atoms with Crippen LogP contribution in [0.4, 0.5) is 10.5 Å². The monoisotopic (exact) mass is 295 g/mol. The maximum atomic E-state index is 12.3. The highest BCUT2D eigenvalue weighted by Crippen LogP contribution is 2.21. The van der Waals surface area contributed by atoms with Crippen molar-refractivity contribution < 1.29 is 9.53 Å². The average molecular weight is 295 g/mol. The van der Waals surface area contributed by atoms with Gasteiger partial charge in [-0.15, -0.1) is 0 Å². The number of thiophene rings is 1. The van der Waals surface area contributed by atoms with E-state index in [1.54, 1.807) is 11.3 Å². The fourth-order valence-electron chi connectivity index (χ4n) is 2.91. The Morgan fingerprint density at radius 1 is 1.40 bits per heavy atom. The molecule has 6 heteroatoms. The summed E-state index contributed by atoms with van der Waals surface area (Å²) in [5.41, 5.74) is 0.900. The molecule has 1 aromatic heterocycles. The van der Waals surface area contributed by atoms with Gasteiger partial charge in [0.1, 0.15) is 0 Å². The summed E-state index contributed by atoms with van der Waals surface area (Å²) in [5.74, 6) is 0. The molecule has 3 heterocycles. The number of morpholine rings is 1. The van der Waals surface area contributed by atoms with E-state index in [0.717, 1.165) is 57.9 Å². The predicted octanol–water partition coefficient (Wildman–Crippen LogP) is 2.08. The number of ether oxygens (including phenoxy) is 1. The maximum absolute atomic E-state index is 12.3. The first kappa shape index (κ1) is 13.9. The van der Waals surface area contributed by atoms with Gasteiger partial charge >= 0.3 is 6.03 Å². The Morgan fingerprint density at radius 2 is 2.25 bits per heavy atom. The predicted molar refractivity (Wildman–Crippen MR) is 80.3 cm³/mol. The normalized spacial score (nSPS) is 24.0. The van der Waals surface area contributed by atoms with Crippen molar-refractivity contribution in [1.82, 2.24) is 9.80 Å². The van der Waals surface area contributed by atoms with Crippen LogP contribution in [0.3, 0.4) is 0 Å². The molecule has 1 aromatic rings. The van der Waals surface area contributed by atoms with Crippen LogP contribution < -0.4 is 5.32 Å². The first-order chi connectivity index (χ1) is 9.83. The number of nitrogens with zero attached hydrogens (tertiary/aromatic N) is 2. The fourth-order valence-corrected chi connectivity index (χ4v) is 3.49. The molecular weight excluding hydrogens is 274 g/mol. The van der Waals surface area contributed by atoms with Gasteiger partial charge < -0.3 is 15.0 Å². The van der Waals surface area contributed by atoms with E-state index in [1.165, 1.54) is 0 Å². The molecule has 2 aliphatic heterocycles. The molecule has 2 saturated heterocycles. The van der Waals surface area contributed by atoms with Gasteiger partial charge in [-0.25, -0.2) is 4.79 Å². The number of rotatable bonds is 3. The van der Waals surface area contributed by atoms with Crippen LogP contribution in [0.1, 0.15) is 12.8 Å². The minimum atomic E-state index is 0.0409. The molecule has 2 fully saturated rings. The Labute approximate surface area is 123 Å². The molecule has 0 bridgehead atoms. The molecule has 5 nitrogen and oxygen atoms in total. The summed E-state index contributed by atoms with van der Waals surface area (Å²) in [6.45, 7) is 5.43. The molecule has 110 valence electrons. The van der Waals surface area contributed by atoms with Gasteiger partial charge in [-0.3, -0.25) is 4.90 Å². The summed E-state index contributed by atoms with van der Waals surface area (Å²) in [4.78, 5) is 16.7. The molecule has 0 unspecified atom stereocenters. The third kappa shape index (κ3) is 3.31. The summed E-state index contributed by atoms with van der Waals surface area (Å²) in [7, 11) is 0. The second-order valence-electron chi connectivity index (χ2n) is 5.34. The number of urea groups is 1. The van der Waals surface area contributed by atoms with Crippen LogP contribution in [-0.2, 0) is 4.74 Å². The number of anilines is 1. The number of nitrogens with one attached hydrogen (secondary N) is 1. The van der Waals surface area contributed by atoms with Crippen molar-refractivity contribution in [3.8, 4) is 0 Å². The van der Waals surface area contributed by atoms with Crippen LogP contribution >= 0.6 is 11.3 Å². The van der Waals surface area contributed by atoms with E-state index in [0.29, 0.717) is 6.04 Å². The maximum Gasteiger partial charge on any atom is 0.322 e. The molecule has 3 rings (SSSR count). The zero-order valence-corrected chi connectivity index (χ0v) is 12.4. The standard InChI is InChI=1S/C14H21N3O2S/c18-14(15-12-3-9-20-11-12)17-4-1-2-13(17)10-16-5-7-19-8-6-16/h3,9,11,13H,1-2,4-8,10H2,(H,15,18)/t13-/m1/s1. The van der Waals surface area contributed by atoms with E-state index in [9.17, 15) is 4.79 Å². The summed E-state index contributed by atoms with van der Waals surface area (Å²) in [5, 5.41) is 6.93. The van der Waals surface area contributed by atoms with Crippen LogP contribution in [0.2, 0.25) is 0 Å². The van der Waals surface area contributed by atoms with Crippen molar-refractivity contribution in [2.24, 2.45) is 0 Å². The summed E-state index contributed by atoms with van der Waals surface area (Å²) in [6, 6.07) is 2.32. The highest BCUT2D eigenvalue weighted by Gasteiger charge is 2.30. The summed E-state index contributed by atoms with van der Waals surface area (Å²) >= 11 is 1.60. The Balaban J connectivity index is 1.55. The molecule has 1 N–H and O–H groups in total. The Bertz CT molecular complexity index is 432. The largest absolute Gasteiger partial charge is 0.379 e. The van der Waals surface area contributed by atoms with E-state index < -0.39 is 0 Å². The number of hydrogen-bond donors (Lipinski definition) is 1. The quantitative estimate of drug-likeness (QED) is 0.928. The molecule has 0 radical (unpaired) electrons. The highest BCUT2D eigenvalue weighted by molar-refractivity contribution is 7.08. The van der Waals surface area contributed by atoms with Gasteiger partial charge in [0.2, 0.25) is 0 Å². The molecule has 0 spiro atoms. The fraction of sp³-hybridized carbons (Fsp3) is 0.643. The second kappa shape index (κ2) is 6.56. The third-order valence-electron chi connectivity index (χ3n) is 3.98. The summed E-state index contributed by atoms with van der Waals surface area (Å²) < 4.78 is 5.38. The van der Waals surface area contributed by atoms with Crippen molar-refractivity contribution in [2.45, 2.75) is 18.9 Å². The van der Waals surface area contributed by atoms with Crippen molar-refractivity contribution in [3.05, 3.63) is 16.8 Å². The molecule has 2 aliphatic rings. The first-order valence-corrected chi connectivity index (χ1v) is 8.17. The Hall–Kier alpha value is -1.11. The van der Waals surface area contributed by atoms with Gasteiger partial charge in [-0.1, -0.05) is 0 Å². The van der Waals surface area contributed by atoms with Crippen LogP contribution in [0.15, 0.2) is 16.8 Å². The van der Waals surface area contributed by atoms with Gasteiger partial charge in [0.15, 0.2) is 0 Å². The minimum absolute atomic E-state index is 0.0409. The molecule has 0 saturated carbocycles. The third-order valence-corrected chi connectivity index (χ3v) is 4.67. The number of hydrogen-bond acceptors (Lipinski definition) is 4. The molecule has 0 aliphatic carbocycles. The molecular formula is C14H21N3O2S. The molecule has 0 aromatic carbocycles. The van der Waals surface area contributed by atoms with E-state index >= 15 is 0 Å². The Kier molecular flexibility index (Phi) is 4.54. The van der Waals surface area contributed by atoms with Crippen LogP contribution in [0.25, 0.3) is 0 Å². The lowest BCUT2D eigenvalue weighted by molar-refractivity contribution is 0.0296. The van der Waals surface area contributed by atoms with Crippen molar-refractivity contribution in [2.75, 3.05) is 44.7 Å². The zero-order chi connectivity index (χ0) is 13.8. The first-order valence-electron chi connectivity index (χ1n) is 7.23. The lowest BCUT2D eigenvalue weighted by atomic mass is 10.2. The number of amides is 2. The van der Waals surface area contributed by atoms with E-state index in [1.807, 2.05) is 21.7 Å². The van der Waals surface area contributed by atoms with Gasteiger partial charge in [0, 0.05) is 37.6 Å². The van der Waals surface area contributed by atoms with Gasteiger partial charge in [-0.2, -0.15) is 11.3 Å². The van der Waals surface area contributed by atoms with Crippen molar-refractivity contribution in [1.29, 1.82) is 0 Å². The lowest BCUT2D eigenvalue weighted by Gasteiger charge is -2.32. The lowest BCUT2D eigenvalue weighted by Crippen LogP contribution is -2.47. The van der Waals surface area contributed by atoms with E-state index in [4.69, 9.17) is 4.74 Å². The van der Waals surface area contributed by atoms with Gasteiger partial charge in [0.05, 0.1) is 18.9 Å². The van der Waals surface area contributed by atoms with Crippen molar-refractivity contribution in [3.63, 3.8) is 0 Å². The smallest absolute Gasteiger partial charge is 0.322 e. The number of likely N-dealkylation sites (tertiary alicyclic amines) is 1. The van der Waals surface area contributed by atoms with Crippen LogP contribution in [-0.4, -0.2) is 61.3 Å².